The summed E-state index contributed by atoms with van der Waals surface area (Å²) >= 11 is 1.53. The number of hydrogen-bond donors (Lipinski definition) is 1. The first kappa shape index (κ1) is 20.4. The van der Waals surface area contributed by atoms with Crippen LogP contribution in [0.25, 0.3) is 11.3 Å². The van der Waals surface area contributed by atoms with Crippen molar-refractivity contribution in [2.24, 2.45) is 0 Å². The molecular weight excluding hydrogens is 398 g/mol. The van der Waals surface area contributed by atoms with E-state index in [2.05, 4.69) is 20.4 Å². The molecule has 156 valence electrons. The van der Waals surface area contributed by atoms with Crippen molar-refractivity contribution in [3.8, 4) is 17.0 Å². The SMILES string of the molecule is COc1cccc(SCC(=O)NC2CCC(n3cc(-c4cnccn4)cn3)CC2)c1. The van der Waals surface area contributed by atoms with Crippen LogP contribution in [0.1, 0.15) is 31.7 Å². The maximum Gasteiger partial charge on any atom is 0.230 e. The van der Waals surface area contributed by atoms with Crippen molar-refractivity contribution < 1.29 is 9.53 Å². The Morgan fingerprint density at radius 1 is 1.23 bits per heavy atom. The van der Waals surface area contributed by atoms with E-state index in [1.165, 1.54) is 11.8 Å². The zero-order valence-corrected chi connectivity index (χ0v) is 17.7. The molecule has 30 heavy (non-hydrogen) atoms. The van der Waals surface area contributed by atoms with Crippen molar-refractivity contribution in [2.45, 2.75) is 42.7 Å². The number of thioether (sulfide) groups is 1. The summed E-state index contributed by atoms with van der Waals surface area (Å²) in [7, 11) is 1.65. The maximum atomic E-state index is 12.4. The molecule has 0 bridgehead atoms. The third-order valence-electron chi connectivity index (χ3n) is 5.31. The van der Waals surface area contributed by atoms with Gasteiger partial charge in [-0.3, -0.25) is 19.4 Å². The first-order chi connectivity index (χ1) is 14.7. The number of nitrogens with one attached hydrogen (secondary N) is 1. The molecule has 0 aliphatic heterocycles. The van der Waals surface area contributed by atoms with Gasteiger partial charge < -0.3 is 10.1 Å². The number of benzene rings is 1. The number of carbonyl (C=O) groups excluding carboxylic acids is 1. The van der Waals surface area contributed by atoms with Crippen molar-refractivity contribution >= 4 is 17.7 Å². The van der Waals surface area contributed by atoms with E-state index in [1.54, 1.807) is 25.7 Å². The van der Waals surface area contributed by atoms with Gasteiger partial charge in [0.1, 0.15) is 5.75 Å². The minimum Gasteiger partial charge on any atom is -0.497 e. The second-order valence-electron chi connectivity index (χ2n) is 7.34. The second-order valence-corrected chi connectivity index (χ2v) is 8.39. The monoisotopic (exact) mass is 423 g/mol. The summed E-state index contributed by atoms with van der Waals surface area (Å²) in [6, 6.07) is 8.36. The minimum absolute atomic E-state index is 0.0790. The van der Waals surface area contributed by atoms with Crippen molar-refractivity contribution in [2.75, 3.05) is 12.9 Å². The molecule has 0 spiro atoms. The van der Waals surface area contributed by atoms with E-state index in [0.717, 1.165) is 47.6 Å². The molecule has 0 radical (unpaired) electrons. The number of methoxy groups -OCH3 is 1. The van der Waals surface area contributed by atoms with Crippen molar-refractivity contribution in [3.63, 3.8) is 0 Å². The van der Waals surface area contributed by atoms with Crippen LogP contribution in [0.5, 0.6) is 5.75 Å². The highest BCUT2D eigenvalue weighted by Crippen LogP contribution is 2.29. The molecule has 4 rings (SSSR count). The Hall–Kier alpha value is -2.87. The number of hydrogen-bond acceptors (Lipinski definition) is 6. The molecule has 2 aromatic heterocycles. The molecule has 1 aliphatic rings. The van der Waals surface area contributed by atoms with Crippen LogP contribution in [0.4, 0.5) is 0 Å². The fourth-order valence-corrected chi connectivity index (χ4v) is 4.47. The summed E-state index contributed by atoms with van der Waals surface area (Å²) in [6.07, 6.45) is 12.9. The molecule has 1 amide bonds. The van der Waals surface area contributed by atoms with Crippen LogP contribution in [0.3, 0.4) is 0 Å². The van der Waals surface area contributed by atoms with Gasteiger partial charge in [-0.2, -0.15) is 5.10 Å². The third kappa shape index (κ3) is 5.18. The van der Waals surface area contributed by atoms with Crippen LogP contribution in [0, 0.1) is 0 Å². The van der Waals surface area contributed by atoms with Crippen LogP contribution >= 0.6 is 11.8 Å². The molecule has 1 fully saturated rings. The van der Waals surface area contributed by atoms with Gasteiger partial charge in [0.2, 0.25) is 5.91 Å². The van der Waals surface area contributed by atoms with Crippen molar-refractivity contribution in [3.05, 3.63) is 55.2 Å². The molecule has 1 saturated carbocycles. The lowest BCUT2D eigenvalue weighted by Crippen LogP contribution is -2.38. The summed E-state index contributed by atoms with van der Waals surface area (Å²) < 4.78 is 7.26. The first-order valence-electron chi connectivity index (χ1n) is 10.1. The average Bonchev–Trinajstić information content (AvgIpc) is 3.29. The fraction of sp³-hybridized carbons (Fsp3) is 0.364. The van der Waals surface area contributed by atoms with E-state index in [1.807, 2.05) is 41.3 Å². The molecule has 1 N–H and O–H groups in total. The zero-order valence-electron chi connectivity index (χ0n) is 16.9. The third-order valence-corrected chi connectivity index (χ3v) is 6.30. The van der Waals surface area contributed by atoms with E-state index >= 15 is 0 Å². The Morgan fingerprint density at radius 2 is 2.10 bits per heavy atom. The van der Waals surface area contributed by atoms with E-state index in [-0.39, 0.29) is 11.9 Å². The number of ether oxygens (including phenoxy) is 1. The highest BCUT2D eigenvalue weighted by molar-refractivity contribution is 8.00. The number of rotatable bonds is 7. The van der Waals surface area contributed by atoms with E-state index < -0.39 is 0 Å². The zero-order chi connectivity index (χ0) is 20.8. The summed E-state index contributed by atoms with van der Waals surface area (Å²) in [5.41, 5.74) is 1.81. The van der Waals surface area contributed by atoms with Gasteiger partial charge in [-0.05, 0) is 43.9 Å². The normalized spacial score (nSPS) is 18.7. The smallest absolute Gasteiger partial charge is 0.230 e. The number of aromatic nitrogens is 4. The number of carbonyl (C=O) groups is 1. The molecule has 8 heteroatoms. The van der Waals surface area contributed by atoms with E-state index in [0.29, 0.717) is 11.8 Å². The molecule has 3 aromatic rings. The maximum absolute atomic E-state index is 12.4. The highest BCUT2D eigenvalue weighted by atomic mass is 32.2. The van der Waals surface area contributed by atoms with Gasteiger partial charge >= 0.3 is 0 Å². The number of nitrogens with zero attached hydrogens (tertiary/aromatic N) is 4. The molecule has 0 unspecified atom stereocenters. The number of amides is 1. The molecule has 2 heterocycles. The van der Waals surface area contributed by atoms with Crippen LogP contribution in [-0.4, -0.2) is 44.6 Å². The van der Waals surface area contributed by atoms with Gasteiger partial charge in [0, 0.05) is 35.1 Å². The summed E-state index contributed by atoms with van der Waals surface area (Å²) in [5.74, 6) is 1.29. The lowest BCUT2D eigenvalue weighted by atomic mass is 9.91. The molecule has 0 saturated heterocycles. The Kier molecular flexibility index (Phi) is 6.63. The van der Waals surface area contributed by atoms with Crippen molar-refractivity contribution in [1.29, 1.82) is 0 Å². The van der Waals surface area contributed by atoms with Gasteiger partial charge in [0.25, 0.3) is 0 Å². The minimum atomic E-state index is 0.0790. The van der Waals surface area contributed by atoms with Gasteiger partial charge in [0.05, 0.1) is 37.0 Å². The van der Waals surface area contributed by atoms with Crippen LogP contribution in [0.2, 0.25) is 0 Å². The lowest BCUT2D eigenvalue weighted by Gasteiger charge is -2.29. The Labute approximate surface area is 180 Å². The second kappa shape index (κ2) is 9.75. The summed E-state index contributed by atoms with van der Waals surface area (Å²) in [5, 5.41) is 7.71. The predicted octanol–water partition coefficient (Wildman–Crippen LogP) is 3.74. The molecule has 0 atom stereocenters. The van der Waals surface area contributed by atoms with Gasteiger partial charge in [0.15, 0.2) is 0 Å². The molecule has 1 aliphatic carbocycles. The van der Waals surface area contributed by atoms with Gasteiger partial charge in [-0.25, -0.2) is 0 Å². The largest absolute Gasteiger partial charge is 0.497 e. The molecule has 1 aromatic carbocycles. The average molecular weight is 424 g/mol. The summed E-state index contributed by atoms with van der Waals surface area (Å²) in [6.45, 7) is 0. The fourth-order valence-electron chi connectivity index (χ4n) is 3.71. The first-order valence-corrected chi connectivity index (χ1v) is 11.1. The summed E-state index contributed by atoms with van der Waals surface area (Å²) in [4.78, 5) is 21.8. The Balaban J connectivity index is 1.23. The Bertz CT molecular complexity index is 970. The van der Waals surface area contributed by atoms with Crippen LogP contribution in [0.15, 0.2) is 60.1 Å². The van der Waals surface area contributed by atoms with Crippen LogP contribution in [-0.2, 0) is 4.79 Å². The van der Waals surface area contributed by atoms with E-state index in [9.17, 15) is 4.79 Å². The van der Waals surface area contributed by atoms with Crippen molar-refractivity contribution in [1.82, 2.24) is 25.1 Å². The van der Waals surface area contributed by atoms with E-state index in [4.69, 9.17) is 4.74 Å². The quantitative estimate of drug-likeness (QED) is 0.583. The standard InChI is InChI=1S/C22H25N5O2S/c1-29-19-3-2-4-20(11-19)30-15-22(28)26-17-5-7-18(8-6-17)27-14-16(12-25-27)21-13-23-9-10-24-21/h2-4,9-14,17-18H,5-8,15H2,1H3,(H,26,28). The Morgan fingerprint density at radius 3 is 2.87 bits per heavy atom. The van der Waals surface area contributed by atoms with Gasteiger partial charge in [-0.15, -0.1) is 11.8 Å². The molecular formula is C22H25N5O2S. The highest BCUT2D eigenvalue weighted by Gasteiger charge is 2.24. The van der Waals surface area contributed by atoms with Crippen LogP contribution < -0.4 is 10.1 Å². The lowest BCUT2D eigenvalue weighted by molar-refractivity contribution is -0.119. The topological polar surface area (TPSA) is 81.9 Å². The predicted molar refractivity (Wildman–Crippen MR) is 116 cm³/mol. The molecule has 7 nitrogen and oxygen atoms in total. The van der Waals surface area contributed by atoms with Gasteiger partial charge in [-0.1, -0.05) is 6.07 Å².